The molecule has 0 radical (unpaired) electrons. The van der Waals surface area contributed by atoms with Crippen molar-refractivity contribution in [2.75, 3.05) is 0 Å². The molecule has 0 aliphatic carbocycles. The second kappa shape index (κ2) is 13.9. The van der Waals surface area contributed by atoms with Gasteiger partial charge in [0.25, 0.3) is 0 Å². The van der Waals surface area contributed by atoms with E-state index in [2.05, 4.69) is 108 Å². The highest BCUT2D eigenvalue weighted by Crippen LogP contribution is 2.41. The Hall–Kier alpha value is -7.31. The van der Waals surface area contributed by atoms with Crippen LogP contribution in [0.5, 0.6) is 0 Å². The second-order valence-electron chi connectivity index (χ2n) is 13.6. The van der Waals surface area contributed by atoms with Crippen LogP contribution in [0.3, 0.4) is 0 Å². The van der Waals surface area contributed by atoms with Crippen molar-refractivity contribution >= 4 is 45.1 Å². The minimum absolute atomic E-state index is 0.209. The molecule has 7 aromatic carbocycles. The van der Waals surface area contributed by atoms with Gasteiger partial charge in [-0.2, -0.15) is 0 Å². The third-order valence-corrected chi connectivity index (χ3v) is 10.1. The third-order valence-electron chi connectivity index (χ3n) is 10.1. The van der Waals surface area contributed by atoms with E-state index in [0.717, 1.165) is 78.0 Å². The molecule has 0 fully saturated rings. The van der Waals surface area contributed by atoms with Crippen molar-refractivity contribution in [2.24, 2.45) is 15.0 Å². The fraction of sp³-hybridized carbons (Fsp3) is 0.0408. The molecule has 6 nitrogen and oxygen atoms in total. The van der Waals surface area contributed by atoms with Crippen molar-refractivity contribution in [1.29, 1.82) is 0 Å². The number of fused-ring (bicyclic) bond motifs is 3. The molecule has 8 aromatic rings. The molecule has 262 valence electrons. The largest absolute Gasteiger partial charge is 0.456 e. The summed E-state index contributed by atoms with van der Waals surface area (Å²) in [7, 11) is 0. The zero-order valence-electron chi connectivity index (χ0n) is 29.7. The predicted octanol–water partition coefficient (Wildman–Crippen LogP) is 11.7. The number of rotatable bonds is 7. The standard InChI is InChI=1S/C49H34N5O/c1-5-15-33(16-6-1)42-31-43(34-17-7-2-8-18-34)51-49(50-42)41-30-45-40(38-23-13-14-24-44(38)55-45)29-39(41)32-25-27-37(28-26-32)48-53-46(35-19-9-3-10-20-35)52-47(54-48)36-21-11-4-12-22-36/h1-31,42,46H,(H-,50,51,52,53,54)/q-1. The zero-order chi connectivity index (χ0) is 36.6. The first-order valence-electron chi connectivity index (χ1n) is 18.5. The van der Waals surface area contributed by atoms with Gasteiger partial charge in [0.05, 0.1) is 0 Å². The van der Waals surface area contributed by atoms with E-state index in [9.17, 15) is 0 Å². The van der Waals surface area contributed by atoms with Crippen LogP contribution in [-0.2, 0) is 0 Å². The third kappa shape index (κ3) is 6.30. The van der Waals surface area contributed by atoms with E-state index < -0.39 is 0 Å². The summed E-state index contributed by atoms with van der Waals surface area (Å²) < 4.78 is 6.44. The summed E-state index contributed by atoms with van der Waals surface area (Å²) in [5.74, 6) is 2.11. The van der Waals surface area contributed by atoms with Crippen LogP contribution in [0.2, 0.25) is 0 Å². The highest BCUT2D eigenvalue weighted by atomic mass is 16.3. The lowest BCUT2D eigenvalue weighted by Crippen LogP contribution is -2.33. The topological polar surface area (TPSA) is 76.3 Å². The average molecular weight is 709 g/mol. The van der Waals surface area contributed by atoms with Crippen molar-refractivity contribution in [2.45, 2.75) is 12.2 Å². The van der Waals surface area contributed by atoms with Crippen molar-refractivity contribution in [1.82, 2.24) is 5.32 Å². The van der Waals surface area contributed by atoms with E-state index in [4.69, 9.17) is 24.7 Å². The minimum atomic E-state index is -0.276. The number of aliphatic imine (C=N–C) groups is 3. The number of nitrogens with zero attached hydrogens (tertiary/aromatic N) is 4. The minimum Gasteiger partial charge on any atom is -0.456 e. The maximum absolute atomic E-state index is 6.44. The molecule has 3 heterocycles. The monoisotopic (exact) mass is 708 g/mol. The van der Waals surface area contributed by atoms with E-state index in [-0.39, 0.29) is 12.2 Å². The van der Waals surface area contributed by atoms with Crippen LogP contribution in [-0.4, -0.2) is 17.5 Å². The smallest absolute Gasteiger partial charge is 0.159 e. The van der Waals surface area contributed by atoms with Crippen LogP contribution >= 0.6 is 0 Å². The van der Waals surface area contributed by atoms with Crippen molar-refractivity contribution in [3.05, 3.63) is 227 Å². The summed E-state index contributed by atoms with van der Waals surface area (Å²) in [4.78, 5) is 15.3. The summed E-state index contributed by atoms with van der Waals surface area (Å²) in [6.07, 6.45) is 1.87. The summed E-state index contributed by atoms with van der Waals surface area (Å²) in [6, 6.07) is 62.0. The van der Waals surface area contributed by atoms with Gasteiger partial charge in [0.15, 0.2) is 5.84 Å². The van der Waals surface area contributed by atoms with Gasteiger partial charge < -0.3 is 20.0 Å². The van der Waals surface area contributed by atoms with Crippen LogP contribution in [0.4, 0.5) is 0 Å². The average Bonchev–Trinajstić information content (AvgIpc) is 3.64. The normalized spacial score (nSPS) is 16.7. The first kappa shape index (κ1) is 32.3. The van der Waals surface area contributed by atoms with Crippen LogP contribution < -0.4 is 5.32 Å². The van der Waals surface area contributed by atoms with Gasteiger partial charge in [-0.25, -0.2) is 9.98 Å². The van der Waals surface area contributed by atoms with Crippen molar-refractivity contribution in [3.8, 4) is 11.1 Å². The number of hydrogen-bond acceptors (Lipinski definition) is 5. The van der Waals surface area contributed by atoms with Crippen LogP contribution in [0.15, 0.2) is 207 Å². The Morgan fingerprint density at radius 2 is 1.11 bits per heavy atom. The van der Waals surface area contributed by atoms with Gasteiger partial charge in [0, 0.05) is 27.9 Å². The van der Waals surface area contributed by atoms with Gasteiger partial charge in [0.2, 0.25) is 0 Å². The number of nitrogens with one attached hydrogen (secondary N) is 1. The van der Waals surface area contributed by atoms with E-state index in [1.165, 1.54) is 0 Å². The molecule has 1 N–H and O–H groups in total. The van der Waals surface area contributed by atoms with Crippen molar-refractivity contribution in [3.63, 3.8) is 0 Å². The van der Waals surface area contributed by atoms with Crippen LogP contribution in [0.1, 0.15) is 45.6 Å². The first-order chi connectivity index (χ1) is 27.2. The lowest BCUT2D eigenvalue weighted by molar-refractivity contribution is 0.669. The van der Waals surface area contributed by atoms with Crippen LogP contribution in [0, 0.1) is 0 Å². The Morgan fingerprint density at radius 1 is 0.491 bits per heavy atom. The van der Waals surface area contributed by atoms with E-state index in [0.29, 0.717) is 11.7 Å². The zero-order valence-corrected chi connectivity index (χ0v) is 29.7. The molecule has 2 aliphatic rings. The fourth-order valence-corrected chi connectivity index (χ4v) is 7.34. The van der Waals surface area contributed by atoms with Gasteiger partial charge in [-0.1, -0.05) is 176 Å². The molecule has 55 heavy (non-hydrogen) atoms. The molecular weight excluding hydrogens is 675 g/mol. The predicted molar refractivity (Wildman–Crippen MR) is 224 cm³/mol. The molecule has 0 saturated heterocycles. The second-order valence-corrected chi connectivity index (χ2v) is 13.6. The molecule has 2 unspecified atom stereocenters. The molecular formula is C49H34N5O-. The summed E-state index contributed by atoms with van der Waals surface area (Å²) in [6.45, 7) is 0. The SMILES string of the molecule is C1=C(c2ccccc2)N=C(c2cc3oc4ccccc4c3cc2-c2ccc(C3=NC(c4ccccc4)=NC(c4ccccc4)N3)cc2)[N-]C1c1ccccc1. The van der Waals surface area contributed by atoms with Crippen LogP contribution in [0.25, 0.3) is 44.1 Å². The van der Waals surface area contributed by atoms with E-state index >= 15 is 0 Å². The Morgan fingerprint density at radius 3 is 1.84 bits per heavy atom. The highest BCUT2D eigenvalue weighted by Gasteiger charge is 2.22. The quantitative estimate of drug-likeness (QED) is 0.179. The van der Waals surface area contributed by atoms with Gasteiger partial charge >= 0.3 is 0 Å². The molecule has 0 bridgehead atoms. The number of furan rings is 1. The molecule has 0 spiro atoms. The van der Waals surface area contributed by atoms with E-state index in [1.54, 1.807) is 0 Å². The maximum atomic E-state index is 6.44. The molecule has 6 heteroatoms. The Balaban J connectivity index is 1.09. The number of amidine groups is 3. The fourth-order valence-electron chi connectivity index (χ4n) is 7.34. The molecule has 2 atom stereocenters. The Labute approximate surface area is 319 Å². The molecule has 10 rings (SSSR count). The van der Waals surface area contributed by atoms with Gasteiger partial charge in [-0.15, -0.1) is 0 Å². The number of benzene rings is 7. The Bertz CT molecular complexity index is 2790. The number of para-hydroxylation sites is 1. The maximum Gasteiger partial charge on any atom is 0.159 e. The summed E-state index contributed by atoms with van der Waals surface area (Å²) in [5, 5.41) is 11.0. The summed E-state index contributed by atoms with van der Waals surface area (Å²) in [5.41, 5.74) is 10.6. The lowest BCUT2D eigenvalue weighted by atomic mass is 9.93. The van der Waals surface area contributed by atoms with Gasteiger partial charge in [0.1, 0.15) is 23.2 Å². The lowest BCUT2D eigenvalue weighted by Gasteiger charge is -2.34. The van der Waals surface area contributed by atoms with E-state index in [1.807, 2.05) is 84.9 Å². The number of hydrogen-bond donors (Lipinski definition) is 1. The van der Waals surface area contributed by atoms with Gasteiger partial charge in [-0.05, 0) is 57.3 Å². The molecule has 0 saturated carbocycles. The van der Waals surface area contributed by atoms with Crippen molar-refractivity contribution < 1.29 is 4.42 Å². The summed E-state index contributed by atoms with van der Waals surface area (Å²) >= 11 is 0. The molecule has 1 aromatic heterocycles. The molecule has 2 aliphatic heterocycles. The molecule has 0 amide bonds. The highest BCUT2D eigenvalue weighted by molar-refractivity contribution is 6.19. The van der Waals surface area contributed by atoms with Gasteiger partial charge in [-0.3, -0.25) is 0 Å². The Kier molecular flexibility index (Phi) is 8.18. The first-order valence-corrected chi connectivity index (χ1v) is 18.5.